The van der Waals surface area contributed by atoms with Crippen molar-refractivity contribution in [1.29, 1.82) is 0 Å². The van der Waals surface area contributed by atoms with Gasteiger partial charge in [-0.3, -0.25) is 32.5 Å². The van der Waals surface area contributed by atoms with Gasteiger partial charge in [-0.15, -0.1) is 0 Å². The van der Waals surface area contributed by atoms with E-state index in [0.717, 1.165) is 29.0 Å². The average Bonchev–Trinajstić information content (AvgIpc) is 3.71. The maximum Gasteiger partial charge on any atom is 0.481 e. The van der Waals surface area contributed by atoms with Gasteiger partial charge >= 0.3 is 29.4 Å². The number of hydrogen-bond acceptors (Lipinski definition) is 21. The molecule has 60 heavy (non-hydrogen) atoms. The third-order valence-electron chi connectivity index (χ3n) is 8.33. The summed E-state index contributed by atoms with van der Waals surface area (Å²) in [6.45, 7) is 0.133. The molecule has 1 aliphatic rings. The number of aliphatic hydroxyl groups excluding tert-OH is 3. The first-order valence-corrected chi connectivity index (χ1v) is 23.0. The quantitative estimate of drug-likeness (QED) is 0.0365. The van der Waals surface area contributed by atoms with Gasteiger partial charge in [-0.05, 0) is 19.3 Å². The van der Waals surface area contributed by atoms with Gasteiger partial charge in [0.15, 0.2) is 23.8 Å². The van der Waals surface area contributed by atoms with Crippen LogP contribution in [0.4, 0.5) is 5.82 Å². The summed E-state index contributed by atoms with van der Waals surface area (Å²) in [4.78, 5) is 98.4. The van der Waals surface area contributed by atoms with Gasteiger partial charge in [0, 0.05) is 30.7 Å². The predicted octanol–water partition coefficient (Wildman–Crippen LogP) is -2.39. The van der Waals surface area contributed by atoms with Crippen LogP contribution in [-0.2, 0) is 55.5 Å². The fourth-order valence-electron chi connectivity index (χ4n) is 5.16. The van der Waals surface area contributed by atoms with Crippen LogP contribution in [-0.4, -0.2) is 151 Å². The number of amides is 2. The van der Waals surface area contributed by atoms with Crippen LogP contribution in [0, 0.1) is 5.41 Å². The van der Waals surface area contributed by atoms with Crippen LogP contribution >= 0.6 is 35.2 Å². The number of phosphoric acid groups is 3. The molecule has 3 unspecified atom stereocenters. The van der Waals surface area contributed by atoms with Crippen molar-refractivity contribution >= 4 is 75.1 Å². The number of nitrogens with two attached hydrogens (primary N) is 2. The summed E-state index contributed by atoms with van der Waals surface area (Å²) in [5, 5.41) is 43.8. The molecule has 0 spiro atoms. The van der Waals surface area contributed by atoms with Crippen molar-refractivity contribution in [3.63, 3.8) is 0 Å². The van der Waals surface area contributed by atoms with Gasteiger partial charge in [-0.1, -0.05) is 25.6 Å². The molecule has 0 bridgehead atoms. The number of carboxylic acid groups (broad SMARTS) is 1. The molecule has 1 fully saturated rings. The topological polar surface area (TPSA) is 447 Å². The Kier molecular flexibility index (Phi) is 18.7. The van der Waals surface area contributed by atoms with E-state index in [1.165, 1.54) is 13.8 Å². The molecule has 340 valence electrons. The molecule has 3 rings (SSSR count). The number of aromatic nitrogens is 4. The van der Waals surface area contributed by atoms with Crippen LogP contribution in [0.3, 0.4) is 0 Å². The minimum Gasteiger partial charge on any atom is -0.479 e. The van der Waals surface area contributed by atoms with Gasteiger partial charge in [-0.25, -0.2) is 33.4 Å². The third kappa shape index (κ3) is 15.7. The zero-order chi connectivity index (χ0) is 45.2. The number of rotatable bonds is 25. The SMILES string of the molecule is CC(C)(COP(=O)(O)OP(=O)(O)OC[C@H]1O[C@@H](n2cnc3c(N)ncnc32)[C@H](O)[C@@H]1OP(=O)(O)O)[C@@H](O)C(=O)NCCC(=O)NCCSC(=O)[C@@H](N)CCCC(O)C(=O)O. The molecular weight excluding hydrogens is 893 g/mol. The second kappa shape index (κ2) is 21.8. The molecule has 0 saturated carbocycles. The highest BCUT2D eigenvalue weighted by Crippen LogP contribution is 2.61. The largest absolute Gasteiger partial charge is 0.481 e. The van der Waals surface area contributed by atoms with Crippen molar-refractivity contribution in [1.82, 2.24) is 30.2 Å². The van der Waals surface area contributed by atoms with E-state index < -0.39 is 108 Å². The Morgan fingerprint density at radius 2 is 1.68 bits per heavy atom. The lowest BCUT2D eigenvalue weighted by atomic mass is 9.87. The maximum absolute atomic E-state index is 12.7. The van der Waals surface area contributed by atoms with Crippen molar-refractivity contribution < 1.29 is 95.5 Å². The van der Waals surface area contributed by atoms with E-state index in [0.29, 0.717) is 0 Å². The van der Waals surface area contributed by atoms with Crippen molar-refractivity contribution in [2.24, 2.45) is 11.1 Å². The normalized spacial score (nSPS) is 22.0. The van der Waals surface area contributed by atoms with E-state index in [-0.39, 0.29) is 61.5 Å². The fourth-order valence-corrected chi connectivity index (χ4v) is 8.73. The standard InChI is InChI=1S/C28H47N8O20P3S/c1-28(2,21(40)24(41)32-7-6-17(38)31-8-9-60-27(44)14(29)4-3-5-15(37)26(42)43)11-53-59(50,51)56-58(48,49)52-10-16-20(55-57(45,46)47)19(39)25(54-16)36-13-35-18-22(30)33-12-34-23(18)36/h12-16,19-21,25,37,39-40H,3-11,29H2,1-2H3,(H,31,38)(H,32,41)(H,42,43)(H,48,49)(H,50,51)(H2,30,33,34)(H2,45,46,47)/t14-,15?,16+,19+,20+,21-,25+/m0/s1. The molecule has 32 heteroatoms. The van der Waals surface area contributed by atoms with E-state index in [9.17, 15) is 67.8 Å². The lowest BCUT2D eigenvalue weighted by Gasteiger charge is -2.30. The first-order chi connectivity index (χ1) is 27.7. The lowest BCUT2D eigenvalue weighted by molar-refractivity contribution is -0.147. The van der Waals surface area contributed by atoms with Crippen LogP contribution in [0.25, 0.3) is 11.2 Å². The van der Waals surface area contributed by atoms with Crippen LogP contribution in [0.5, 0.6) is 0 Å². The Hall–Kier alpha value is -3.05. The number of carbonyl (C=O) groups is 4. The zero-order valence-electron chi connectivity index (χ0n) is 31.7. The summed E-state index contributed by atoms with van der Waals surface area (Å²) < 4.78 is 62.0. The molecule has 14 N–H and O–H groups in total. The number of nitrogen functional groups attached to an aromatic ring is 1. The van der Waals surface area contributed by atoms with Gasteiger partial charge in [0.05, 0.1) is 25.6 Å². The number of nitrogens with zero attached hydrogens (tertiary/aromatic N) is 4. The Balaban J connectivity index is 1.44. The molecule has 1 saturated heterocycles. The monoisotopic (exact) mass is 940 g/mol. The van der Waals surface area contributed by atoms with E-state index in [1.807, 2.05) is 0 Å². The first kappa shape index (κ1) is 51.3. The summed E-state index contributed by atoms with van der Waals surface area (Å²) in [6, 6.07) is -0.899. The number of fused-ring (bicyclic) bond motifs is 1. The van der Waals surface area contributed by atoms with Gasteiger partial charge in [-0.2, -0.15) is 4.31 Å². The zero-order valence-corrected chi connectivity index (χ0v) is 35.2. The number of aliphatic carboxylic acids is 1. The second-order valence-electron chi connectivity index (χ2n) is 13.6. The Labute approximate surface area is 344 Å². The van der Waals surface area contributed by atoms with Crippen molar-refractivity contribution in [2.75, 3.05) is 37.8 Å². The lowest BCUT2D eigenvalue weighted by Crippen LogP contribution is -2.46. The highest BCUT2D eigenvalue weighted by molar-refractivity contribution is 8.13. The number of hydrogen-bond donors (Lipinski definition) is 12. The van der Waals surface area contributed by atoms with Gasteiger partial charge < -0.3 is 66.8 Å². The number of imidazole rings is 1. The molecule has 0 aromatic carbocycles. The molecule has 9 atom stereocenters. The number of phosphoric ester groups is 3. The van der Waals surface area contributed by atoms with E-state index in [2.05, 4.69) is 34.4 Å². The third-order valence-corrected chi connectivity index (χ3v) is 12.4. The summed E-state index contributed by atoms with van der Waals surface area (Å²) in [5.74, 6) is -2.85. The van der Waals surface area contributed by atoms with E-state index >= 15 is 0 Å². The van der Waals surface area contributed by atoms with E-state index in [4.69, 9.17) is 30.4 Å². The summed E-state index contributed by atoms with van der Waals surface area (Å²) in [7, 11) is -16.5. The Morgan fingerprint density at radius 1 is 1.02 bits per heavy atom. The van der Waals surface area contributed by atoms with E-state index in [1.54, 1.807) is 0 Å². The van der Waals surface area contributed by atoms with Gasteiger partial charge in [0.1, 0.15) is 36.3 Å². The average molecular weight is 941 g/mol. The minimum absolute atomic E-state index is 0.0148. The summed E-state index contributed by atoms with van der Waals surface area (Å²) >= 11 is 0.840. The van der Waals surface area contributed by atoms with Crippen LogP contribution in [0.15, 0.2) is 12.7 Å². The minimum atomic E-state index is -5.60. The van der Waals surface area contributed by atoms with Crippen LogP contribution in [0.1, 0.15) is 45.8 Å². The molecule has 1 aliphatic heterocycles. The number of nitrogens with one attached hydrogen (secondary N) is 2. The second-order valence-corrected chi connectivity index (χ2v) is 19.0. The predicted molar refractivity (Wildman–Crippen MR) is 203 cm³/mol. The molecule has 0 aliphatic carbocycles. The Morgan fingerprint density at radius 3 is 2.33 bits per heavy atom. The highest BCUT2D eigenvalue weighted by Gasteiger charge is 2.50. The van der Waals surface area contributed by atoms with Crippen molar-refractivity contribution in [3.05, 3.63) is 12.7 Å². The summed E-state index contributed by atoms with van der Waals surface area (Å²) in [5.41, 5.74) is 9.94. The number of thioether (sulfide) groups is 1. The van der Waals surface area contributed by atoms with Crippen molar-refractivity contribution in [2.45, 2.75) is 82.3 Å². The summed E-state index contributed by atoms with van der Waals surface area (Å²) in [6.07, 6.45) is -8.42. The maximum atomic E-state index is 12.7. The van der Waals surface area contributed by atoms with Crippen molar-refractivity contribution in [3.8, 4) is 0 Å². The van der Waals surface area contributed by atoms with Gasteiger partial charge in [0.25, 0.3) is 0 Å². The molecule has 0 radical (unpaired) electrons. The Bertz CT molecular complexity index is 1970. The number of ether oxygens (including phenoxy) is 1. The molecule has 2 aromatic rings. The molecular formula is C28H47N8O20P3S. The van der Waals surface area contributed by atoms with Crippen LogP contribution in [0.2, 0.25) is 0 Å². The fraction of sp³-hybridized carbons (Fsp3) is 0.679. The highest BCUT2D eigenvalue weighted by atomic mass is 32.2. The molecule has 2 amide bonds. The smallest absolute Gasteiger partial charge is 0.479 e. The number of carboxylic acids is 1. The molecule has 2 aromatic heterocycles. The number of anilines is 1. The number of aliphatic hydroxyl groups is 3. The molecule has 28 nitrogen and oxygen atoms in total. The van der Waals surface area contributed by atoms with Gasteiger partial charge in [0.2, 0.25) is 16.9 Å². The molecule has 3 heterocycles. The van der Waals surface area contributed by atoms with Crippen LogP contribution < -0.4 is 22.1 Å². The number of carbonyl (C=O) groups excluding carboxylic acids is 3. The first-order valence-electron chi connectivity index (χ1n) is 17.5.